The van der Waals surface area contributed by atoms with Gasteiger partial charge in [0.1, 0.15) is 5.58 Å². The first-order valence-electron chi connectivity index (χ1n) is 14.4. The minimum absolute atomic E-state index is 0.884. The Labute approximate surface area is 242 Å². The van der Waals surface area contributed by atoms with E-state index in [2.05, 4.69) is 157 Å². The predicted octanol–water partition coefficient (Wildman–Crippen LogP) is 11.7. The van der Waals surface area contributed by atoms with E-state index in [9.17, 15) is 0 Å². The number of rotatable bonds is 3. The molecule has 196 valence electrons. The molecule has 2 heteroatoms. The standard InChI is InChI=1S/C40H25NO/c1-2-14-30(15-3-1)41(36-20-10-19-34-35-23-27-12-4-5-13-28(27)25-38(35)42-40(34)36)37-24-29-22-21-26-11-6-7-16-31(26)39(29)33-18-9-8-17-32(33)37/h1-25H. The van der Waals surface area contributed by atoms with E-state index in [1.165, 1.54) is 43.1 Å². The zero-order valence-corrected chi connectivity index (χ0v) is 22.8. The van der Waals surface area contributed by atoms with Crippen LogP contribution in [-0.4, -0.2) is 0 Å². The van der Waals surface area contributed by atoms with Gasteiger partial charge in [0.25, 0.3) is 0 Å². The van der Waals surface area contributed by atoms with Crippen LogP contribution in [0.4, 0.5) is 17.1 Å². The van der Waals surface area contributed by atoms with Gasteiger partial charge in [0, 0.05) is 21.8 Å². The summed E-state index contributed by atoms with van der Waals surface area (Å²) in [5, 5.41) is 12.1. The van der Waals surface area contributed by atoms with Crippen molar-refractivity contribution in [3.05, 3.63) is 152 Å². The Morgan fingerprint density at radius 3 is 1.86 bits per heavy atom. The molecule has 8 aromatic carbocycles. The Morgan fingerprint density at radius 1 is 0.381 bits per heavy atom. The summed E-state index contributed by atoms with van der Waals surface area (Å²) in [5.74, 6) is 0. The number of anilines is 3. The van der Waals surface area contributed by atoms with Gasteiger partial charge in [0.2, 0.25) is 0 Å². The molecule has 1 heterocycles. The van der Waals surface area contributed by atoms with Crippen molar-refractivity contribution >= 4 is 82.1 Å². The van der Waals surface area contributed by atoms with E-state index < -0.39 is 0 Å². The van der Waals surface area contributed by atoms with Crippen molar-refractivity contribution in [3.63, 3.8) is 0 Å². The van der Waals surface area contributed by atoms with Gasteiger partial charge in [-0.3, -0.25) is 0 Å². The minimum atomic E-state index is 0.884. The molecule has 0 N–H and O–H groups in total. The maximum absolute atomic E-state index is 6.73. The third-order valence-electron chi connectivity index (χ3n) is 8.57. The smallest absolute Gasteiger partial charge is 0.159 e. The first-order valence-corrected chi connectivity index (χ1v) is 14.4. The molecule has 9 aromatic rings. The first-order chi connectivity index (χ1) is 20.8. The molecular formula is C40H25NO. The van der Waals surface area contributed by atoms with Crippen LogP contribution >= 0.6 is 0 Å². The van der Waals surface area contributed by atoms with E-state index in [0.29, 0.717) is 0 Å². The second kappa shape index (κ2) is 8.95. The van der Waals surface area contributed by atoms with Gasteiger partial charge in [-0.2, -0.15) is 0 Å². The van der Waals surface area contributed by atoms with Gasteiger partial charge in [-0.05, 0) is 74.1 Å². The van der Waals surface area contributed by atoms with E-state index in [-0.39, 0.29) is 0 Å². The Morgan fingerprint density at radius 2 is 1.02 bits per heavy atom. The van der Waals surface area contributed by atoms with Crippen LogP contribution in [0.2, 0.25) is 0 Å². The maximum atomic E-state index is 6.73. The molecule has 0 fully saturated rings. The second-order valence-electron chi connectivity index (χ2n) is 10.9. The van der Waals surface area contributed by atoms with Crippen LogP contribution in [0.1, 0.15) is 0 Å². The minimum Gasteiger partial charge on any atom is -0.454 e. The molecule has 0 saturated heterocycles. The van der Waals surface area contributed by atoms with Crippen molar-refractivity contribution in [3.8, 4) is 0 Å². The van der Waals surface area contributed by atoms with Gasteiger partial charge in [-0.15, -0.1) is 0 Å². The van der Waals surface area contributed by atoms with Crippen molar-refractivity contribution in [1.29, 1.82) is 0 Å². The highest BCUT2D eigenvalue weighted by Crippen LogP contribution is 2.46. The summed E-state index contributed by atoms with van der Waals surface area (Å²) >= 11 is 0. The lowest BCUT2D eigenvalue weighted by atomic mass is 9.94. The van der Waals surface area contributed by atoms with E-state index in [4.69, 9.17) is 4.42 Å². The summed E-state index contributed by atoms with van der Waals surface area (Å²) in [6, 6.07) is 54.3. The highest BCUT2D eigenvalue weighted by Gasteiger charge is 2.22. The lowest BCUT2D eigenvalue weighted by molar-refractivity contribution is 0.669. The molecule has 42 heavy (non-hydrogen) atoms. The number of nitrogens with zero attached hydrogens (tertiary/aromatic N) is 1. The van der Waals surface area contributed by atoms with Crippen LogP contribution < -0.4 is 4.90 Å². The molecule has 0 radical (unpaired) electrons. The van der Waals surface area contributed by atoms with Crippen molar-refractivity contribution in [2.45, 2.75) is 0 Å². The Bertz CT molecular complexity index is 2470. The van der Waals surface area contributed by atoms with Gasteiger partial charge < -0.3 is 9.32 Å². The number of hydrogen-bond acceptors (Lipinski definition) is 2. The molecule has 9 rings (SSSR count). The van der Waals surface area contributed by atoms with Crippen molar-refractivity contribution in [2.24, 2.45) is 0 Å². The van der Waals surface area contributed by atoms with Crippen molar-refractivity contribution in [2.75, 3.05) is 4.90 Å². The molecule has 0 spiro atoms. The summed E-state index contributed by atoms with van der Waals surface area (Å²) in [6.07, 6.45) is 0. The van der Waals surface area contributed by atoms with Crippen LogP contribution in [0.25, 0.3) is 65.0 Å². The fraction of sp³-hybridized carbons (Fsp3) is 0. The van der Waals surface area contributed by atoms with Crippen LogP contribution in [0.3, 0.4) is 0 Å². The quantitative estimate of drug-likeness (QED) is 0.209. The summed E-state index contributed by atoms with van der Waals surface area (Å²) in [5.41, 5.74) is 5.01. The summed E-state index contributed by atoms with van der Waals surface area (Å²) in [7, 11) is 0. The Hall–Kier alpha value is -5.60. The maximum Gasteiger partial charge on any atom is 0.159 e. The fourth-order valence-corrected chi connectivity index (χ4v) is 6.67. The molecule has 0 atom stereocenters. The third kappa shape index (κ3) is 3.39. The monoisotopic (exact) mass is 535 g/mol. The Balaban J connectivity index is 1.39. The highest BCUT2D eigenvalue weighted by atomic mass is 16.3. The number of benzene rings is 8. The zero-order chi connectivity index (χ0) is 27.6. The van der Waals surface area contributed by atoms with E-state index in [0.717, 1.165) is 39.0 Å². The average molecular weight is 536 g/mol. The van der Waals surface area contributed by atoms with Crippen LogP contribution in [0.5, 0.6) is 0 Å². The normalized spacial score (nSPS) is 11.8. The van der Waals surface area contributed by atoms with Crippen molar-refractivity contribution < 1.29 is 4.42 Å². The second-order valence-corrected chi connectivity index (χ2v) is 10.9. The van der Waals surface area contributed by atoms with Gasteiger partial charge >= 0.3 is 0 Å². The summed E-state index contributed by atoms with van der Waals surface area (Å²) in [4.78, 5) is 2.36. The van der Waals surface area contributed by atoms with Gasteiger partial charge in [0.15, 0.2) is 5.58 Å². The fourth-order valence-electron chi connectivity index (χ4n) is 6.67. The topological polar surface area (TPSA) is 16.4 Å². The number of furan rings is 1. The molecule has 0 aliphatic rings. The molecule has 2 nitrogen and oxygen atoms in total. The van der Waals surface area contributed by atoms with Crippen LogP contribution in [0.15, 0.2) is 156 Å². The average Bonchev–Trinajstić information content (AvgIpc) is 3.42. The molecule has 0 aliphatic heterocycles. The highest BCUT2D eigenvalue weighted by molar-refractivity contribution is 6.24. The lowest BCUT2D eigenvalue weighted by Gasteiger charge is -2.27. The summed E-state index contributed by atoms with van der Waals surface area (Å²) < 4.78 is 6.73. The third-order valence-corrected chi connectivity index (χ3v) is 8.57. The van der Waals surface area contributed by atoms with Crippen molar-refractivity contribution in [1.82, 2.24) is 0 Å². The first kappa shape index (κ1) is 23.1. The van der Waals surface area contributed by atoms with E-state index >= 15 is 0 Å². The largest absolute Gasteiger partial charge is 0.454 e. The number of para-hydroxylation sites is 2. The number of hydrogen-bond donors (Lipinski definition) is 0. The molecule has 0 aliphatic carbocycles. The van der Waals surface area contributed by atoms with E-state index in [1.54, 1.807) is 0 Å². The number of fused-ring (bicyclic) bond motifs is 9. The summed E-state index contributed by atoms with van der Waals surface area (Å²) in [6.45, 7) is 0. The van der Waals surface area contributed by atoms with Gasteiger partial charge in [0.05, 0.1) is 11.4 Å². The SMILES string of the molecule is c1ccc(N(c2cc3ccc4ccccc4c3c3ccccc23)c2cccc3c2oc2cc4ccccc4cc23)cc1. The molecule has 0 unspecified atom stereocenters. The molecule has 0 bridgehead atoms. The molecule has 0 saturated carbocycles. The zero-order valence-electron chi connectivity index (χ0n) is 22.8. The lowest BCUT2D eigenvalue weighted by Crippen LogP contribution is -2.11. The predicted molar refractivity (Wildman–Crippen MR) is 178 cm³/mol. The Kier molecular flexibility index (Phi) is 4.93. The van der Waals surface area contributed by atoms with E-state index in [1.807, 2.05) is 0 Å². The van der Waals surface area contributed by atoms with Crippen LogP contribution in [0, 0.1) is 0 Å². The van der Waals surface area contributed by atoms with Crippen LogP contribution in [-0.2, 0) is 0 Å². The molecule has 0 amide bonds. The molecule has 1 aromatic heterocycles. The van der Waals surface area contributed by atoms with Gasteiger partial charge in [-0.1, -0.05) is 115 Å². The molecular weight excluding hydrogens is 510 g/mol. The van der Waals surface area contributed by atoms with Gasteiger partial charge in [-0.25, -0.2) is 0 Å².